The number of aryl methyl sites for hydroxylation is 1. The average molecular weight is 474 g/mol. The molecule has 1 N–H and O–H groups in total. The molecule has 188 valence electrons. The molecule has 0 radical (unpaired) electrons. The minimum absolute atomic E-state index is 0.00906. The molecule has 1 aromatic heterocycles. The van der Waals surface area contributed by atoms with Crippen molar-refractivity contribution in [1.29, 1.82) is 0 Å². The molecule has 1 aromatic rings. The highest BCUT2D eigenvalue weighted by molar-refractivity contribution is 5.84. The molecule has 4 aliphatic rings. The zero-order valence-electron chi connectivity index (χ0n) is 20.6. The molecule has 34 heavy (non-hydrogen) atoms. The molecule has 3 fully saturated rings. The third-order valence-electron chi connectivity index (χ3n) is 8.50. The topological polar surface area (TPSA) is 84.4 Å². The highest BCUT2D eigenvalue weighted by Crippen LogP contribution is 2.51. The van der Waals surface area contributed by atoms with Gasteiger partial charge in [-0.3, -0.25) is 14.7 Å². The van der Waals surface area contributed by atoms with Crippen molar-refractivity contribution in [2.45, 2.75) is 76.3 Å². The minimum Gasteiger partial charge on any atom is -0.396 e. The number of hydrogen-bond acceptors (Lipinski definition) is 7. The second-order valence-corrected chi connectivity index (χ2v) is 10.5. The number of amides is 1. The van der Waals surface area contributed by atoms with Gasteiger partial charge in [0.15, 0.2) is 0 Å². The normalized spacial score (nSPS) is 33.2. The number of nitrogens with zero attached hydrogens (tertiary/aromatic N) is 3. The van der Waals surface area contributed by atoms with Crippen molar-refractivity contribution in [2.24, 2.45) is 5.41 Å². The Kier molecular flexibility index (Phi) is 7.23. The third-order valence-corrected chi connectivity index (χ3v) is 8.50. The number of hydrogen-bond donors (Lipinski definition) is 1. The lowest BCUT2D eigenvalue weighted by atomic mass is 9.80. The molecule has 3 aliphatic heterocycles. The van der Waals surface area contributed by atoms with Gasteiger partial charge in [-0.25, -0.2) is 0 Å². The van der Waals surface area contributed by atoms with E-state index in [9.17, 15) is 9.90 Å². The van der Waals surface area contributed by atoms with Crippen molar-refractivity contribution in [3.8, 4) is 0 Å². The van der Waals surface area contributed by atoms with Gasteiger partial charge >= 0.3 is 0 Å². The Labute approximate surface area is 202 Å². The van der Waals surface area contributed by atoms with Crippen LogP contribution in [0.2, 0.25) is 0 Å². The van der Waals surface area contributed by atoms with E-state index in [1.54, 1.807) is 7.11 Å². The number of carbonyl (C=O) groups is 1. The fourth-order valence-corrected chi connectivity index (χ4v) is 6.78. The van der Waals surface area contributed by atoms with E-state index >= 15 is 0 Å². The van der Waals surface area contributed by atoms with Crippen LogP contribution in [0.15, 0.2) is 12.3 Å². The molecule has 4 heterocycles. The number of methoxy groups -OCH3 is 1. The summed E-state index contributed by atoms with van der Waals surface area (Å²) in [4.78, 5) is 23.2. The van der Waals surface area contributed by atoms with E-state index in [2.05, 4.69) is 27.8 Å². The monoisotopic (exact) mass is 473 g/mol. The van der Waals surface area contributed by atoms with Crippen molar-refractivity contribution in [3.05, 3.63) is 29.1 Å². The van der Waals surface area contributed by atoms with Crippen LogP contribution in [0.25, 0.3) is 0 Å². The number of aliphatic hydroxyl groups excluding tert-OH is 1. The largest absolute Gasteiger partial charge is 0.396 e. The number of ether oxygens (including phenoxy) is 3. The fraction of sp³-hybridized carbons (Fsp3) is 0.769. The van der Waals surface area contributed by atoms with Gasteiger partial charge in [0.1, 0.15) is 0 Å². The van der Waals surface area contributed by atoms with Crippen molar-refractivity contribution in [2.75, 3.05) is 46.6 Å². The first-order chi connectivity index (χ1) is 16.6. The predicted molar refractivity (Wildman–Crippen MR) is 126 cm³/mol. The van der Waals surface area contributed by atoms with Gasteiger partial charge in [0, 0.05) is 77.0 Å². The highest BCUT2D eigenvalue weighted by atomic mass is 16.5. The Morgan fingerprint density at radius 1 is 1.41 bits per heavy atom. The van der Waals surface area contributed by atoms with Gasteiger partial charge in [-0.15, -0.1) is 0 Å². The Morgan fingerprint density at radius 3 is 3.12 bits per heavy atom. The zero-order valence-corrected chi connectivity index (χ0v) is 20.6. The van der Waals surface area contributed by atoms with Crippen LogP contribution < -0.4 is 0 Å². The van der Waals surface area contributed by atoms with E-state index < -0.39 is 5.41 Å². The summed E-state index contributed by atoms with van der Waals surface area (Å²) in [5.41, 5.74) is 2.98. The van der Waals surface area contributed by atoms with Crippen LogP contribution in [0, 0.1) is 12.3 Å². The Balaban J connectivity index is 1.36. The minimum atomic E-state index is -0.454. The fourth-order valence-electron chi connectivity index (χ4n) is 6.78. The first-order valence-electron chi connectivity index (χ1n) is 12.9. The molecule has 0 unspecified atom stereocenters. The van der Waals surface area contributed by atoms with Gasteiger partial charge in [-0.1, -0.05) is 6.07 Å². The summed E-state index contributed by atoms with van der Waals surface area (Å²) >= 11 is 0. The number of rotatable bonds is 7. The number of fused-ring (bicyclic) bond motifs is 2. The lowest BCUT2D eigenvalue weighted by Gasteiger charge is -2.43. The maximum atomic E-state index is 14.1. The number of carbonyl (C=O) groups excluding carboxylic acids is 1. The molecule has 0 aromatic carbocycles. The van der Waals surface area contributed by atoms with Crippen molar-refractivity contribution < 1.29 is 24.1 Å². The second kappa shape index (κ2) is 10.2. The summed E-state index contributed by atoms with van der Waals surface area (Å²) < 4.78 is 17.7. The van der Waals surface area contributed by atoms with Crippen molar-refractivity contribution in [1.82, 2.24) is 14.8 Å². The van der Waals surface area contributed by atoms with E-state index in [0.29, 0.717) is 26.2 Å². The molecule has 8 nitrogen and oxygen atoms in total. The summed E-state index contributed by atoms with van der Waals surface area (Å²) in [6.07, 6.45) is 6.77. The highest BCUT2D eigenvalue weighted by Gasteiger charge is 2.59. The van der Waals surface area contributed by atoms with Crippen LogP contribution in [-0.2, 0) is 32.0 Å². The smallest absolute Gasteiger partial charge is 0.231 e. The molecular weight excluding hydrogens is 434 g/mol. The molecule has 1 saturated carbocycles. The van der Waals surface area contributed by atoms with Crippen LogP contribution in [0.1, 0.15) is 48.9 Å². The van der Waals surface area contributed by atoms with E-state index in [1.165, 1.54) is 5.56 Å². The maximum absolute atomic E-state index is 14.1. The standard InChI is InChI=1S/C26H39N3O5/c1-18-12-19-16-28(8-4-21(19)27-15-18)25(31)26-6-11-34-24(26)13-20(14-26)29(7-3-9-30)22-5-10-33-17-23(22)32-2/h12,15,20,22-24,30H,3-11,13-14,16-17H2,1-2H3/t20-,22+,23-,24-,26-/m1/s1. The quantitative estimate of drug-likeness (QED) is 0.645. The average Bonchev–Trinajstić information content (AvgIpc) is 3.42. The van der Waals surface area contributed by atoms with Gasteiger partial charge in [-0.2, -0.15) is 0 Å². The summed E-state index contributed by atoms with van der Waals surface area (Å²) in [6, 6.07) is 2.64. The van der Waals surface area contributed by atoms with Crippen molar-refractivity contribution in [3.63, 3.8) is 0 Å². The van der Waals surface area contributed by atoms with E-state index in [-0.39, 0.29) is 36.8 Å². The summed E-state index contributed by atoms with van der Waals surface area (Å²) in [5.74, 6) is 0.252. The van der Waals surface area contributed by atoms with E-state index in [4.69, 9.17) is 14.2 Å². The molecule has 2 saturated heterocycles. The summed E-state index contributed by atoms with van der Waals surface area (Å²) in [6.45, 7) is 6.34. The maximum Gasteiger partial charge on any atom is 0.231 e. The Bertz CT molecular complexity index is 882. The molecule has 5 rings (SSSR count). The SMILES string of the molecule is CO[C@@H]1COCC[C@@H]1N(CCCO)[C@@H]1C[C@H]2OCC[C@@]2(C(=O)N2CCc3ncc(C)cc3C2)C1. The molecule has 1 aliphatic carbocycles. The molecule has 8 heteroatoms. The van der Waals surface area contributed by atoms with Crippen molar-refractivity contribution >= 4 is 5.91 Å². The molecule has 1 amide bonds. The Hall–Kier alpha value is -1.58. The molecule has 0 spiro atoms. The Morgan fingerprint density at radius 2 is 2.29 bits per heavy atom. The summed E-state index contributed by atoms with van der Waals surface area (Å²) in [5, 5.41) is 9.58. The first kappa shape index (κ1) is 24.1. The lowest BCUT2D eigenvalue weighted by Crippen LogP contribution is -2.54. The van der Waals surface area contributed by atoms with Gasteiger partial charge in [0.05, 0.1) is 24.2 Å². The molecule has 0 bridgehead atoms. The number of aromatic nitrogens is 1. The predicted octanol–water partition coefficient (Wildman–Crippen LogP) is 1.70. The first-order valence-corrected chi connectivity index (χ1v) is 12.9. The lowest BCUT2D eigenvalue weighted by molar-refractivity contribution is -0.145. The second-order valence-electron chi connectivity index (χ2n) is 10.5. The number of aliphatic hydroxyl groups is 1. The molecule has 5 atom stereocenters. The van der Waals surface area contributed by atoms with E-state index in [1.807, 2.05) is 6.20 Å². The zero-order chi connectivity index (χ0) is 23.7. The number of pyridine rings is 1. The summed E-state index contributed by atoms with van der Waals surface area (Å²) in [7, 11) is 1.75. The third kappa shape index (κ3) is 4.39. The van der Waals surface area contributed by atoms with Crippen LogP contribution in [0.3, 0.4) is 0 Å². The van der Waals surface area contributed by atoms with Crippen LogP contribution in [0.5, 0.6) is 0 Å². The molecular formula is C26H39N3O5. The van der Waals surface area contributed by atoms with Gasteiger partial charge in [0.25, 0.3) is 0 Å². The van der Waals surface area contributed by atoms with Gasteiger partial charge in [-0.05, 0) is 50.2 Å². The van der Waals surface area contributed by atoms with Gasteiger partial charge in [0.2, 0.25) is 5.91 Å². The van der Waals surface area contributed by atoms with E-state index in [0.717, 1.165) is 63.1 Å². The van der Waals surface area contributed by atoms with Crippen LogP contribution in [-0.4, -0.2) is 96.7 Å². The van der Waals surface area contributed by atoms with Crippen LogP contribution >= 0.6 is 0 Å². The van der Waals surface area contributed by atoms with Gasteiger partial charge < -0.3 is 24.2 Å². The van der Waals surface area contributed by atoms with Crippen LogP contribution in [0.4, 0.5) is 0 Å².